The Hall–Kier alpha value is -1.48. The highest BCUT2D eigenvalue weighted by Gasteiger charge is 2.05. The van der Waals surface area contributed by atoms with Crippen molar-refractivity contribution in [2.45, 2.75) is 33.7 Å². The highest BCUT2D eigenvalue weighted by atomic mass is 35.5. The van der Waals surface area contributed by atoms with Gasteiger partial charge in [-0.15, -0.1) is 12.4 Å². The molecule has 0 saturated carbocycles. The number of anilines is 1. The Morgan fingerprint density at radius 2 is 1.90 bits per heavy atom. The van der Waals surface area contributed by atoms with Crippen LogP contribution in [0.5, 0.6) is 0 Å². The van der Waals surface area contributed by atoms with Gasteiger partial charge in [0.1, 0.15) is 5.82 Å². The molecule has 0 radical (unpaired) electrons. The van der Waals surface area contributed by atoms with E-state index < -0.39 is 0 Å². The molecular formula is C16H24ClN3. The summed E-state index contributed by atoms with van der Waals surface area (Å²) in [6.07, 6.45) is 1.02. The fourth-order valence-electron chi connectivity index (χ4n) is 2.11. The molecule has 0 spiro atoms. The number of hydrogen-bond acceptors (Lipinski definition) is 2. The predicted molar refractivity (Wildman–Crippen MR) is 87.7 cm³/mol. The minimum atomic E-state index is 0. The first-order valence-electron chi connectivity index (χ1n) is 6.97. The van der Waals surface area contributed by atoms with Crippen LogP contribution in [-0.2, 0) is 13.0 Å². The van der Waals surface area contributed by atoms with Crippen molar-refractivity contribution in [2.24, 2.45) is 5.92 Å². The summed E-state index contributed by atoms with van der Waals surface area (Å²) in [5.74, 6) is 1.60. The lowest BCUT2D eigenvalue weighted by atomic mass is 10.1. The molecule has 2 rings (SSSR count). The lowest BCUT2D eigenvalue weighted by Gasteiger charge is -2.06. The summed E-state index contributed by atoms with van der Waals surface area (Å²) in [4.78, 5) is 0. The van der Waals surface area contributed by atoms with Gasteiger partial charge in [-0.1, -0.05) is 44.2 Å². The van der Waals surface area contributed by atoms with Gasteiger partial charge in [-0.2, -0.15) is 5.10 Å². The van der Waals surface area contributed by atoms with Crippen molar-refractivity contribution in [3.8, 4) is 0 Å². The summed E-state index contributed by atoms with van der Waals surface area (Å²) >= 11 is 0. The summed E-state index contributed by atoms with van der Waals surface area (Å²) in [5.41, 5.74) is 2.57. The van der Waals surface area contributed by atoms with Crippen LogP contribution < -0.4 is 5.32 Å². The van der Waals surface area contributed by atoms with Crippen LogP contribution in [0.4, 0.5) is 5.82 Å². The zero-order valence-electron chi connectivity index (χ0n) is 12.5. The van der Waals surface area contributed by atoms with E-state index in [-0.39, 0.29) is 12.4 Å². The standard InChI is InChI=1S/C16H23N3.ClH/c1-13(2)12-19-14(3)11-16(18-19)17-10-9-15-7-5-4-6-8-15;/h4-8,11,13H,9-10,12H2,1-3H3,(H,17,18);1H. The van der Waals surface area contributed by atoms with E-state index in [0.717, 1.165) is 25.3 Å². The second kappa shape index (κ2) is 7.95. The van der Waals surface area contributed by atoms with E-state index in [4.69, 9.17) is 0 Å². The van der Waals surface area contributed by atoms with E-state index in [1.807, 2.05) is 6.07 Å². The van der Waals surface area contributed by atoms with E-state index in [2.05, 4.69) is 66.2 Å². The van der Waals surface area contributed by atoms with Crippen molar-refractivity contribution in [1.82, 2.24) is 9.78 Å². The number of nitrogens with zero attached hydrogens (tertiary/aromatic N) is 2. The Labute approximate surface area is 127 Å². The normalized spacial score (nSPS) is 10.4. The zero-order valence-corrected chi connectivity index (χ0v) is 13.3. The summed E-state index contributed by atoms with van der Waals surface area (Å²) in [6.45, 7) is 8.43. The van der Waals surface area contributed by atoms with Gasteiger partial charge in [-0.05, 0) is 24.8 Å². The molecule has 20 heavy (non-hydrogen) atoms. The topological polar surface area (TPSA) is 29.9 Å². The monoisotopic (exact) mass is 293 g/mol. The third-order valence-electron chi connectivity index (χ3n) is 3.08. The molecule has 0 unspecified atom stereocenters. The fourth-order valence-corrected chi connectivity index (χ4v) is 2.11. The second-order valence-electron chi connectivity index (χ2n) is 5.41. The van der Waals surface area contributed by atoms with Crippen molar-refractivity contribution < 1.29 is 0 Å². The summed E-state index contributed by atoms with van der Waals surface area (Å²) in [6, 6.07) is 12.6. The van der Waals surface area contributed by atoms with Crippen LogP contribution in [0.2, 0.25) is 0 Å². The van der Waals surface area contributed by atoms with E-state index in [1.54, 1.807) is 0 Å². The van der Waals surface area contributed by atoms with Crippen molar-refractivity contribution in [1.29, 1.82) is 0 Å². The third kappa shape index (κ3) is 4.89. The van der Waals surface area contributed by atoms with Gasteiger partial charge in [0.2, 0.25) is 0 Å². The molecule has 1 aromatic carbocycles. The minimum absolute atomic E-state index is 0. The molecular weight excluding hydrogens is 270 g/mol. The molecule has 0 fully saturated rings. The van der Waals surface area contributed by atoms with Gasteiger partial charge in [-0.3, -0.25) is 4.68 Å². The Kier molecular flexibility index (Phi) is 6.59. The molecule has 0 amide bonds. The molecule has 0 atom stereocenters. The highest BCUT2D eigenvalue weighted by Crippen LogP contribution is 2.11. The van der Waals surface area contributed by atoms with Crippen LogP contribution >= 0.6 is 12.4 Å². The van der Waals surface area contributed by atoms with Crippen LogP contribution in [-0.4, -0.2) is 16.3 Å². The average Bonchev–Trinajstić information content (AvgIpc) is 2.70. The number of hydrogen-bond donors (Lipinski definition) is 1. The van der Waals surface area contributed by atoms with Crippen LogP contribution in [0.1, 0.15) is 25.1 Å². The fraction of sp³-hybridized carbons (Fsp3) is 0.438. The molecule has 1 N–H and O–H groups in total. The maximum Gasteiger partial charge on any atom is 0.148 e. The number of halogens is 1. The average molecular weight is 294 g/mol. The third-order valence-corrected chi connectivity index (χ3v) is 3.08. The molecule has 4 heteroatoms. The van der Waals surface area contributed by atoms with Crippen LogP contribution in [0.15, 0.2) is 36.4 Å². The smallest absolute Gasteiger partial charge is 0.148 e. The Balaban J connectivity index is 0.00000200. The molecule has 110 valence electrons. The van der Waals surface area contributed by atoms with Crippen molar-refractivity contribution in [2.75, 3.05) is 11.9 Å². The molecule has 0 aliphatic rings. The van der Waals surface area contributed by atoms with Crippen LogP contribution in [0.3, 0.4) is 0 Å². The number of nitrogens with one attached hydrogen (secondary N) is 1. The lowest BCUT2D eigenvalue weighted by Crippen LogP contribution is -2.09. The molecule has 0 bridgehead atoms. The van der Waals surface area contributed by atoms with E-state index in [9.17, 15) is 0 Å². The van der Waals surface area contributed by atoms with E-state index in [0.29, 0.717) is 5.92 Å². The number of aromatic nitrogens is 2. The Bertz CT molecular complexity index is 506. The van der Waals surface area contributed by atoms with Gasteiger partial charge < -0.3 is 5.32 Å². The molecule has 0 aliphatic carbocycles. The molecule has 3 nitrogen and oxygen atoms in total. The van der Waals surface area contributed by atoms with Gasteiger partial charge in [0.05, 0.1) is 0 Å². The number of rotatable bonds is 6. The van der Waals surface area contributed by atoms with Gasteiger partial charge in [0.25, 0.3) is 0 Å². The molecule has 2 aromatic rings. The molecule has 1 aromatic heterocycles. The highest BCUT2D eigenvalue weighted by molar-refractivity contribution is 5.85. The second-order valence-corrected chi connectivity index (χ2v) is 5.41. The lowest BCUT2D eigenvalue weighted by molar-refractivity contribution is 0.475. The zero-order chi connectivity index (χ0) is 13.7. The van der Waals surface area contributed by atoms with E-state index in [1.165, 1.54) is 11.3 Å². The summed E-state index contributed by atoms with van der Waals surface area (Å²) < 4.78 is 2.08. The first-order chi connectivity index (χ1) is 9.15. The van der Waals surface area contributed by atoms with Crippen molar-refractivity contribution in [3.05, 3.63) is 47.7 Å². The van der Waals surface area contributed by atoms with Crippen molar-refractivity contribution >= 4 is 18.2 Å². The molecule has 1 heterocycles. The minimum Gasteiger partial charge on any atom is -0.368 e. The van der Waals surface area contributed by atoms with Gasteiger partial charge in [0.15, 0.2) is 0 Å². The molecule has 0 aliphatic heterocycles. The van der Waals surface area contributed by atoms with Gasteiger partial charge in [0, 0.05) is 24.8 Å². The number of benzene rings is 1. The SMILES string of the molecule is Cc1cc(NCCc2ccccc2)nn1CC(C)C.Cl. The molecule has 0 saturated heterocycles. The van der Waals surface area contributed by atoms with E-state index >= 15 is 0 Å². The van der Waals surface area contributed by atoms with Crippen LogP contribution in [0, 0.1) is 12.8 Å². The Morgan fingerprint density at radius 3 is 2.55 bits per heavy atom. The van der Waals surface area contributed by atoms with Crippen LogP contribution in [0.25, 0.3) is 0 Å². The summed E-state index contributed by atoms with van der Waals surface area (Å²) in [5, 5.41) is 7.98. The van der Waals surface area contributed by atoms with Gasteiger partial charge >= 0.3 is 0 Å². The largest absolute Gasteiger partial charge is 0.368 e. The quantitative estimate of drug-likeness (QED) is 0.875. The van der Waals surface area contributed by atoms with Gasteiger partial charge in [-0.25, -0.2) is 0 Å². The maximum absolute atomic E-state index is 4.59. The van der Waals surface area contributed by atoms with Crippen molar-refractivity contribution in [3.63, 3.8) is 0 Å². The first-order valence-corrected chi connectivity index (χ1v) is 6.97. The summed E-state index contributed by atoms with van der Waals surface area (Å²) in [7, 11) is 0. The predicted octanol–water partition coefficient (Wildman–Crippen LogP) is 3.92. The maximum atomic E-state index is 4.59. The Morgan fingerprint density at radius 1 is 1.20 bits per heavy atom. The first kappa shape index (κ1) is 16.6. The number of aryl methyl sites for hydroxylation is 1.